The summed E-state index contributed by atoms with van der Waals surface area (Å²) in [5.74, 6) is 2.32. The van der Waals surface area contributed by atoms with Crippen molar-refractivity contribution in [3.05, 3.63) is 17.8 Å². The van der Waals surface area contributed by atoms with Crippen LogP contribution < -0.4 is 9.47 Å². The quantitative estimate of drug-likeness (QED) is 0.706. The Morgan fingerprint density at radius 1 is 1.17 bits per heavy atom. The molecule has 2 heterocycles. The van der Waals surface area contributed by atoms with Crippen LogP contribution in [-0.4, -0.2) is 40.2 Å². The van der Waals surface area contributed by atoms with Gasteiger partial charge in [-0.3, -0.25) is 0 Å². The van der Waals surface area contributed by atoms with E-state index in [9.17, 15) is 0 Å². The molecule has 0 aliphatic heterocycles. The summed E-state index contributed by atoms with van der Waals surface area (Å²) in [6, 6.07) is 4.19. The standard InChI is InChI=1S/C17H22N4O2S/c1-9(2)21-17-15(10(3)20-21)18-16(19-17)11-7-13(23-5)14(24-6)8-12(11)22-4/h7-9H,1-6H3,(H,18,19). The molecule has 0 aliphatic carbocycles. The average Bonchev–Trinajstić information content (AvgIpc) is 3.14. The van der Waals surface area contributed by atoms with E-state index in [4.69, 9.17) is 14.5 Å². The first kappa shape index (κ1) is 16.7. The van der Waals surface area contributed by atoms with Gasteiger partial charge >= 0.3 is 0 Å². The van der Waals surface area contributed by atoms with Crippen LogP contribution in [0.3, 0.4) is 0 Å². The molecule has 0 saturated carbocycles. The van der Waals surface area contributed by atoms with Gasteiger partial charge in [-0.25, -0.2) is 9.67 Å². The van der Waals surface area contributed by atoms with E-state index in [1.54, 1.807) is 26.0 Å². The van der Waals surface area contributed by atoms with Crippen LogP contribution in [0.5, 0.6) is 11.5 Å². The third kappa shape index (κ3) is 2.62. The van der Waals surface area contributed by atoms with E-state index >= 15 is 0 Å². The first-order chi connectivity index (χ1) is 11.5. The van der Waals surface area contributed by atoms with Gasteiger partial charge in [0.15, 0.2) is 5.65 Å². The summed E-state index contributed by atoms with van der Waals surface area (Å²) in [5, 5.41) is 4.55. The molecule has 128 valence electrons. The number of aromatic nitrogens is 4. The zero-order chi connectivity index (χ0) is 17.4. The summed E-state index contributed by atoms with van der Waals surface area (Å²) in [4.78, 5) is 9.18. The first-order valence-corrected chi connectivity index (χ1v) is 8.97. The molecule has 0 atom stereocenters. The molecule has 0 saturated heterocycles. The summed E-state index contributed by atoms with van der Waals surface area (Å²) >= 11 is 1.62. The number of rotatable bonds is 5. The van der Waals surface area contributed by atoms with Gasteiger partial charge < -0.3 is 14.5 Å². The fourth-order valence-electron chi connectivity index (χ4n) is 2.74. The Balaban J connectivity index is 2.21. The fraction of sp³-hybridized carbons (Fsp3) is 0.412. The number of fused-ring (bicyclic) bond motifs is 1. The Labute approximate surface area is 145 Å². The minimum atomic E-state index is 0.243. The van der Waals surface area contributed by atoms with Gasteiger partial charge in [0.25, 0.3) is 0 Å². The van der Waals surface area contributed by atoms with Crippen LogP contribution in [0, 0.1) is 6.92 Å². The molecule has 7 heteroatoms. The number of hydrogen-bond donors (Lipinski definition) is 1. The highest BCUT2D eigenvalue weighted by Crippen LogP contribution is 2.39. The van der Waals surface area contributed by atoms with Crippen molar-refractivity contribution in [1.29, 1.82) is 0 Å². The molecular weight excluding hydrogens is 324 g/mol. The van der Waals surface area contributed by atoms with Crippen LogP contribution in [0.25, 0.3) is 22.6 Å². The highest BCUT2D eigenvalue weighted by atomic mass is 32.2. The summed E-state index contributed by atoms with van der Waals surface area (Å²) in [7, 11) is 3.34. The van der Waals surface area contributed by atoms with Crippen molar-refractivity contribution in [2.45, 2.75) is 31.7 Å². The van der Waals surface area contributed by atoms with Gasteiger partial charge in [-0.1, -0.05) is 0 Å². The fourth-order valence-corrected chi connectivity index (χ4v) is 3.31. The summed E-state index contributed by atoms with van der Waals surface area (Å²) < 4.78 is 13.0. The van der Waals surface area contributed by atoms with Crippen LogP contribution in [0.1, 0.15) is 25.6 Å². The van der Waals surface area contributed by atoms with Crippen molar-refractivity contribution >= 4 is 22.9 Å². The van der Waals surface area contributed by atoms with Crippen LogP contribution in [0.2, 0.25) is 0 Å². The second-order valence-electron chi connectivity index (χ2n) is 5.82. The number of benzene rings is 1. The predicted octanol–water partition coefficient (Wildman–Crippen LogP) is 4.05. The molecule has 24 heavy (non-hydrogen) atoms. The lowest BCUT2D eigenvalue weighted by atomic mass is 10.1. The van der Waals surface area contributed by atoms with Gasteiger partial charge in [0.05, 0.1) is 30.4 Å². The molecule has 0 aliphatic rings. The summed E-state index contributed by atoms with van der Waals surface area (Å²) in [6.45, 7) is 6.17. The van der Waals surface area contributed by atoms with Gasteiger partial charge in [0.1, 0.15) is 22.8 Å². The van der Waals surface area contributed by atoms with Crippen molar-refractivity contribution in [3.8, 4) is 22.9 Å². The number of thioether (sulfide) groups is 1. The summed E-state index contributed by atoms with van der Waals surface area (Å²) in [6.07, 6.45) is 2.01. The van der Waals surface area contributed by atoms with Crippen molar-refractivity contribution in [2.24, 2.45) is 0 Å². The van der Waals surface area contributed by atoms with Gasteiger partial charge in [0.2, 0.25) is 0 Å². The van der Waals surface area contributed by atoms with E-state index in [1.807, 2.05) is 30.0 Å². The third-order valence-electron chi connectivity index (χ3n) is 3.97. The topological polar surface area (TPSA) is 65.0 Å². The van der Waals surface area contributed by atoms with Crippen LogP contribution in [0.15, 0.2) is 17.0 Å². The van der Waals surface area contributed by atoms with Crippen molar-refractivity contribution < 1.29 is 9.47 Å². The largest absolute Gasteiger partial charge is 0.496 e. The van der Waals surface area contributed by atoms with Crippen LogP contribution in [0.4, 0.5) is 0 Å². The maximum absolute atomic E-state index is 5.57. The lowest BCUT2D eigenvalue weighted by Crippen LogP contribution is -2.03. The van der Waals surface area contributed by atoms with Crippen LogP contribution in [-0.2, 0) is 0 Å². The second kappa shape index (κ2) is 6.39. The number of hydrogen-bond acceptors (Lipinski definition) is 5. The van der Waals surface area contributed by atoms with Crippen molar-refractivity contribution in [3.63, 3.8) is 0 Å². The molecule has 0 amide bonds. The van der Waals surface area contributed by atoms with Gasteiger partial charge in [-0.2, -0.15) is 5.10 Å². The van der Waals surface area contributed by atoms with E-state index < -0.39 is 0 Å². The molecular formula is C17H22N4O2S. The van der Waals surface area contributed by atoms with Gasteiger partial charge in [-0.15, -0.1) is 11.8 Å². The Bertz CT molecular complexity index is 882. The van der Waals surface area contributed by atoms with E-state index in [2.05, 4.69) is 23.9 Å². The highest BCUT2D eigenvalue weighted by molar-refractivity contribution is 7.98. The number of aromatic amines is 1. The third-order valence-corrected chi connectivity index (χ3v) is 4.73. The predicted molar refractivity (Wildman–Crippen MR) is 97.3 cm³/mol. The number of nitrogens with one attached hydrogen (secondary N) is 1. The maximum Gasteiger partial charge on any atom is 0.177 e. The van der Waals surface area contributed by atoms with E-state index in [0.717, 1.165) is 44.6 Å². The van der Waals surface area contributed by atoms with E-state index in [1.165, 1.54) is 0 Å². The minimum Gasteiger partial charge on any atom is -0.496 e. The maximum atomic E-state index is 5.57. The zero-order valence-corrected chi connectivity index (χ0v) is 15.6. The van der Waals surface area contributed by atoms with Gasteiger partial charge in [0, 0.05) is 6.04 Å². The Hall–Kier alpha value is -2.15. The SMILES string of the molecule is COc1cc(-c2nc3c([nH]2)c(C)nn3C(C)C)c(OC)cc1SC. The number of H-pyrrole nitrogens is 1. The molecule has 0 unspecified atom stereocenters. The molecule has 1 N–H and O–H groups in total. The molecule has 0 radical (unpaired) electrons. The number of nitrogens with zero attached hydrogens (tertiary/aromatic N) is 3. The molecule has 0 fully saturated rings. The normalized spacial score (nSPS) is 11.5. The molecule has 6 nitrogen and oxygen atoms in total. The van der Waals surface area contributed by atoms with E-state index in [0.29, 0.717) is 0 Å². The molecule has 2 aromatic heterocycles. The lowest BCUT2D eigenvalue weighted by Gasteiger charge is -2.12. The van der Waals surface area contributed by atoms with Crippen LogP contribution >= 0.6 is 11.8 Å². The van der Waals surface area contributed by atoms with Gasteiger partial charge in [-0.05, 0) is 39.2 Å². The zero-order valence-electron chi connectivity index (χ0n) is 14.8. The highest BCUT2D eigenvalue weighted by Gasteiger charge is 2.19. The molecule has 0 bridgehead atoms. The summed E-state index contributed by atoms with van der Waals surface area (Å²) in [5.41, 5.74) is 3.61. The number of aryl methyl sites for hydroxylation is 1. The lowest BCUT2D eigenvalue weighted by molar-refractivity contribution is 0.395. The monoisotopic (exact) mass is 346 g/mol. The number of ether oxygens (including phenoxy) is 2. The Morgan fingerprint density at radius 3 is 2.46 bits per heavy atom. The first-order valence-electron chi connectivity index (χ1n) is 7.75. The average molecular weight is 346 g/mol. The number of imidazole rings is 1. The van der Waals surface area contributed by atoms with E-state index in [-0.39, 0.29) is 6.04 Å². The molecule has 3 aromatic rings. The Kier molecular flexibility index (Phi) is 4.45. The second-order valence-corrected chi connectivity index (χ2v) is 6.66. The number of methoxy groups -OCH3 is 2. The minimum absolute atomic E-state index is 0.243. The molecule has 0 spiro atoms. The van der Waals surface area contributed by atoms with Crippen molar-refractivity contribution in [1.82, 2.24) is 19.7 Å². The van der Waals surface area contributed by atoms with Crippen molar-refractivity contribution in [2.75, 3.05) is 20.5 Å². The molecule has 3 rings (SSSR count). The Morgan fingerprint density at radius 2 is 1.88 bits per heavy atom. The smallest absolute Gasteiger partial charge is 0.177 e. The molecule has 1 aromatic carbocycles.